The first-order valence-corrected chi connectivity index (χ1v) is 7.41. The second-order valence-corrected chi connectivity index (χ2v) is 4.82. The summed E-state index contributed by atoms with van der Waals surface area (Å²) in [5.41, 5.74) is 0.915. The van der Waals surface area contributed by atoms with Crippen molar-refractivity contribution in [3.8, 4) is 11.4 Å². The molecule has 114 valence electrons. The molecule has 0 spiro atoms. The third-order valence-electron chi connectivity index (χ3n) is 2.92. The fraction of sp³-hybridized carbons (Fsp3) is 0.375. The maximum absolute atomic E-state index is 5.86. The van der Waals surface area contributed by atoms with Gasteiger partial charge in [-0.05, 0) is 43.8 Å². The third kappa shape index (κ3) is 5.33. The fourth-order valence-electron chi connectivity index (χ4n) is 1.89. The van der Waals surface area contributed by atoms with E-state index in [0.29, 0.717) is 23.3 Å². The SMILES string of the molecule is C=C.CCCN(CC)Cc1nc(-c2ccc(Cl)cc2)no1. The molecule has 1 aromatic carbocycles. The van der Waals surface area contributed by atoms with Crippen LogP contribution in [0.2, 0.25) is 5.02 Å². The predicted octanol–water partition coefficient (Wildman–Crippen LogP) is 4.42. The van der Waals surface area contributed by atoms with E-state index in [9.17, 15) is 0 Å². The zero-order chi connectivity index (χ0) is 15.7. The minimum atomic E-state index is 0.610. The molecule has 5 heteroatoms. The molecule has 0 atom stereocenters. The molecule has 4 nitrogen and oxygen atoms in total. The summed E-state index contributed by atoms with van der Waals surface area (Å²) in [6.07, 6.45) is 1.12. The average Bonchev–Trinajstić information content (AvgIpc) is 2.98. The van der Waals surface area contributed by atoms with Gasteiger partial charge in [0.25, 0.3) is 0 Å². The molecular weight excluding hydrogens is 286 g/mol. The summed E-state index contributed by atoms with van der Waals surface area (Å²) in [4.78, 5) is 6.69. The van der Waals surface area contributed by atoms with Crippen molar-refractivity contribution in [1.82, 2.24) is 15.0 Å². The van der Waals surface area contributed by atoms with Crippen LogP contribution in [-0.2, 0) is 6.54 Å². The highest BCUT2D eigenvalue weighted by atomic mass is 35.5. The fourth-order valence-corrected chi connectivity index (χ4v) is 2.02. The number of hydrogen-bond acceptors (Lipinski definition) is 4. The molecule has 2 rings (SSSR count). The van der Waals surface area contributed by atoms with Gasteiger partial charge in [-0.2, -0.15) is 4.98 Å². The molecule has 0 fully saturated rings. The number of halogens is 1. The Balaban J connectivity index is 0.00000106. The second kappa shape index (κ2) is 9.32. The molecule has 1 heterocycles. The first-order valence-electron chi connectivity index (χ1n) is 7.03. The van der Waals surface area contributed by atoms with Crippen molar-refractivity contribution in [3.05, 3.63) is 48.3 Å². The van der Waals surface area contributed by atoms with Crippen molar-refractivity contribution in [2.75, 3.05) is 13.1 Å². The van der Waals surface area contributed by atoms with Gasteiger partial charge in [0.05, 0.1) is 6.54 Å². The number of benzene rings is 1. The minimum absolute atomic E-state index is 0.610. The van der Waals surface area contributed by atoms with Crippen LogP contribution in [0, 0.1) is 0 Å². The molecule has 0 unspecified atom stereocenters. The van der Waals surface area contributed by atoms with Crippen molar-refractivity contribution in [2.24, 2.45) is 0 Å². The Kier molecular flexibility index (Phi) is 7.72. The van der Waals surface area contributed by atoms with Gasteiger partial charge >= 0.3 is 0 Å². The summed E-state index contributed by atoms with van der Waals surface area (Å²) in [5, 5.41) is 4.71. The zero-order valence-corrected chi connectivity index (χ0v) is 13.4. The molecule has 2 aromatic rings. The maximum atomic E-state index is 5.86. The van der Waals surface area contributed by atoms with Gasteiger partial charge in [0.2, 0.25) is 11.7 Å². The van der Waals surface area contributed by atoms with Crippen molar-refractivity contribution in [1.29, 1.82) is 0 Å². The summed E-state index contributed by atoms with van der Waals surface area (Å²) in [5.74, 6) is 1.26. The van der Waals surface area contributed by atoms with Gasteiger partial charge in [0, 0.05) is 10.6 Å². The molecule has 0 aliphatic heterocycles. The average molecular weight is 308 g/mol. The standard InChI is InChI=1S/C14H18ClN3O.C2H4/c1-3-9-18(4-2)10-13-16-14(17-19-13)11-5-7-12(15)8-6-11;1-2/h5-8H,3-4,9-10H2,1-2H3;1-2H2. The van der Waals surface area contributed by atoms with Crippen LogP contribution in [0.3, 0.4) is 0 Å². The van der Waals surface area contributed by atoms with Gasteiger partial charge in [-0.1, -0.05) is 30.6 Å². The van der Waals surface area contributed by atoms with Crippen LogP contribution in [0.25, 0.3) is 11.4 Å². The monoisotopic (exact) mass is 307 g/mol. The summed E-state index contributed by atoms with van der Waals surface area (Å²) >= 11 is 5.86. The molecule has 21 heavy (non-hydrogen) atoms. The summed E-state index contributed by atoms with van der Waals surface area (Å²) in [6.45, 7) is 13.0. The topological polar surface area (TPSA) is 42.2 Å². The lowest BCUT2D eigenvalue weighted by Gasteiger charge is -2.16. The van der Waals surface area contributed by atoms with Gasteiger partial charge < -0.3 is 4.52 Å². The second-order valence-electron chi connectivity index (χ2n) is 4.39. The summed E-state index contributed by atoms with van der Waals surface area (Å²) in [7, 11) is 0. The quantitative estimate of drug-likeness (QED) is 0.741. The van der Waals surface area contributed by atoms with Crippen LogP contribution in [-0.4, -0.2) is 28.1 Å². The Morgan fingerprint density at radius 3 is 2.43 bits per heavy atom. The first-order chi connectivity index (χ1) is 10.2. The molecule has 0 radical (unpaired) electrons. The Morgan fingerprint density at radius 1 is 1.19 bits per heavy atom. The highest BCUT2D eigenvalue weighted by Gasteiger charge is 2.11. The number of nitrogens with zero attached hydrogens (tertiary/aromatic N) is 3. The van der Waals surface area contributed by atoms with Crippen LogP contribution in [0.1, 0.15) is 26.2 Å². The lowest BCUT2D eigenvalue weighted by Crippen LogP contribution is -2.23. The van der Waals surface area contributed by atoms with Crippen molar-refractivity contribution in [3.63, 3.8) is 0 Å². The van der Waals surface area contributed by atoms with Crippen molar-refractivity contribution < 1.29 is 4.52 Å². The van der Waals surface area contributed by atoms with E-state index in [2.05, 4.69) is 42.0 Å². The van der Waals surface area contributed by atoms with Crippen molar-refractivity contribution >= 4 is 11.6 Å². The molecule has 0 aliphatic carbocycles. The van der Waals surface area contributed by atoms with E-state index in [1.165, 1.54) is 0 Å². The lowest BCUT2D eigenvalue weighted by molar-refractivity contribution is 0.236. The maximum Gasteiger partial charge on any atom is 0.241 e. The number of rotatable bonds is 6. The molecule has 0 saturated heterocycles. The Labute approximate surface area is 131 Å². The molecule has 0 N–H and O–H groups in total. The number of aromatic nitrogens is 2. The van der Waals surface area contributed by atoms with E-state index < -0.39 is 0 Å². The highest BCUT2D eigenvalue weighted by molar-refractivity contribution is 6.30. The van der Waals surface area contributed by atoms with E-state index in [4.69, 9.17) is 16.1 Å². The van der Waals surface area contributed by atoms with Crippen LogP contribution < -0.4 is 0 Å². The molecule has 0 saturated carbocycles. The van der Waals surface area contributed by atoms with Gasteiger partial charge in [-0.3, -0.25) is 4.90 Å². The Morgan fingerprint density at radius 2 is 1.86 bits per heavy atom. The number of hydrogen-bond donors (Lipinski definition) is 0. The molecule has 0 bridgehead atoms. The molecule has 0 aliphatic rings. The lowest BCUT2D eigenvalue weighted by atomic mass is 10.2. The van der Waals surface area contributed by atoms with E-state index >= 15 is 0 Å². The van der Waals surface area contributed by atoms with E-state index in [1.54, 1.807) is 0 Å². The third-order valence-corrected chi connectivity index (χ3v) is 3.17. The first kappa shape index (κ1) is 17.4. The molecule has 0 amide bonds. The van der Waals surface area contributed by atoms with Gasteiger partial charge in [-0.15, -0.1) is 13.2 Å². The van der Waals surface area contributed by atoms with Crippen LogP contribution in [0.5, 0.6) is 0 Å². The van der Waals surface area contributed by atoms with E-state index in [1.807, 2.05) is 24.3 Å². The van der Waals surface area contributed by atoms with Crippen LogP contribution >= 0.6 is 11.6 Å². The smallest absolute Gasteiger partial charge is 0.241 e. The van der Waals surface area contributed by atoms with Gasteiger partial charge in [-0.25, -0.2) is 0 Å². The Hall–Kier alpha value is -1.65. The summed E-state index contributed by atoms with van der Waals surface area (Å²) in [6, 6.07) is 7.42. The molecule has 1 aromatic heterocycles. The van der Waals surface area contributed by atoms with E-state index in [-0.39, 0.29) is 0 Å². The Bertz CT molecular complexity index is 525. The predicted molar refractivity (Wildman–Crippen MR) is 87.2 cm³/mol. The zero-order valence-electron chi connectivity index (χ0n) is 12.7. The minimum Gasteiger partial charge on any atom is -0.338 e. The van der Waals surface area contributed by atoms with Crippen molar-refractivity contribution in [2.45, 2.75) is 26.8 Å². The van der Waals surface area contributed by atoms with Gasteiger partial charge in [0.1, 0.15) is 0 Å². The summed E-state index contributed by atoms with van der Waals surface area (Å²) < 4.78 is 5.29. The molecular formula is C16H22ClN3O. The normalized spacial score (nSPS) is 10.3. The van der Waals surface area contributed by atoms with Crippen LogP contribution in [0.4, 0.5) is 0 Å². The van der Waals surface area contributed by atoms with Crippen LogP contribution in [0.15, 0.2) is 41.9 Å². The van der Waals surface area contributed by atoms with Gasteiger partial charge in [0.15, 0.2) is 0 Å². The largest absolute Gasteiger partial charge is 0.338 e. The van der Waals surface area contributed by atoms with E-state index in [0.717, 1.165) is 25.1 Å². The highest BCUT2D eigenvalue weighted by Crippen LogP contribution is 2.19.